The molecule has 1 saturated heterocycles. The molecule has 1 saturated carbocycles. The molecule has 0 radical (unpaired) electrons. The van der Waals surface area contributed by atoms with Crippen LogP contribution in [0.3, 0.4) is 0 Å². The van der Waals surface area contributed by atoms with E-state index in [1.54, 1.807) is 24.3 Å². The van der Waals surface area contributed by atoms with Gasteiger partial charge in [-0.05, 0) is 67.6 Å². The van der Waals surface area contributed by atoms with Gasteiger partial charge in [0.2, 0.25) is 0 Å². The van der Waals surface area contributed by atoms with Crippen molar-refractivity contribution in [3.8, 4) is 11.8 Å². The Bertz CT molecular complexity index is 930. The van der Waals surface area contributed by atoms with Crippen molar-refractivity contribution in [3.05, 3.63) is 65.7 Å². The number of β-amino-alcohol motifs (C(OH)–C–C–N with tert-alkyl or cyclic N) is 1. The third-order valence-electron chi connectivity index (χ3n) is 7.07. The SMILES string of the molecule is N#C[C@]1(c2ccc(F)cc2)CC[C@H](N2CCN(CC(O)COc3ccc(F)cc3)CC2)CC1. The number of ether oxygens (including phenoxy) is 1. The highest BCUT2D eigenvalue weighted by molar-refractivity contribution is 5.33. The van der Waals surface area contributed by atoms with Crippen molar-refractivity contribution >= 4 is 0 Å². The second-order valence-electron chi connectivity index (χ2n) is 9.19. The molecule has 0 bridgehead atoms. The van der Waals surface area contributed by atoms with Gasteiger partial charge in [0.15, 0.2) is 0 Å². The number of halogens is 2. The van der Waals surface area contributed by atoms with Crippen molar-refractivity contribution in [1.29, 1.82) is 5.26 Å². The van der Waals surface area contributed by atoms with Gasteiger partial charge in [0.05, 0.1) is 11.5 Å². The molecule has 2 aromatic rings. The summed E-state index contributed by atoms with van der Waals surface area (Å²) in [5.74, 6) is -0.0373. The van der Waals surface area contributed by atoms with Crippen molar-refractivity contribution in [3.63, 3.8) is 0 Å². The van der Waals surface area contributed by atoms with Crippen molar-refractivity contribution < 1.29 is 18.6 Å². The summed E-state index contributed by atoms with van der Waals surface area (Å²) in [4.78, 5) is 4.75. The van der Waals surface area contributed by atoms with Gasteiger partial charge in [-0.15, -0.1) is 0 Å². The Labute approximate surface area is 194 Å². The second-order valence-corrected chi connectivity index (χ2v) is 9.19. The molecule has 33 heavy (non-hydrogen) atoms. The maximum Gasteiger partial charge on any atom is 0.123 e. The Morgan fingerprint density at radius 2 is 1.55 bits per heavy atom. The number of aliphatic hydroxyl groups excluding tert-OH is 1. The van der Waals surface area contributed by atoms with Crippen LogP contribution in [0.15, 0.2) is 48.5 Å². The molecule has 1 aliphatic heterocycles. The fraction of sp³-hybridized carbons (Fsp3) is 0.500. The third kappa shape index (κ3) is 5.89. The van der Waals surface area contributed by atoms with E-state index in [4.69, 9.17) is 4.74 Å². The Balaban J connectivity index is 1.20. The quantitative estimate of drug-likeness (QED) is 0.690. The molecule has 1 aliphatic carbocycles. The molecule has 4 rings (SSSR count). The summed E-state index contributed by atoms with van der Waals surface area (Å²) < 4.78 is 31.8. The van der Waals surface area contributed by atoms with Gasteiger partial charge < -0.3 is 9.84 Å². The Kier molecular flexibility index (Phi) is 7.59. The van der Waals surface area contributed by atoms with Gasteiger partial charge in [0.25, 0.3) is 0 Å². The minimum atomic E-state index is -0.608. The molecule has 1 atom stereocenters. The molecule has 1 heterocycles. The first-order chi connectivity index (χ1) is 16.0. The van der Waals surface area contributed by atoms with Gasteiger partial charge >= 0.3 is 0 Å². The van der Waals surface area contributed by atoms with Crippen LogP contribution in [0.2, 0.25) is 0 Å². The van der Waals surface area contributed by atoms with E-state index in [1.807, 2.05) is 0 Å². The third-order valence-corrected chi connectivity index (χ3v) is 7.07. The van der Waals surface area contributed by atoms with Crippen molar-refractivity contribution in [2.75, 3.05) is 39.3 Å². The van der Waals surface area contributed by atoms with Crippen LogP contribution in [0.4, 0.5) is 8.78 Å². The van der Waals surface area contributed by atoms with E-state index in [1.165, 1.54) is 24.3 Å². The molecule has 0 spiro atoms. The number of rotatable bonds is 7. The maximum absolute atomic E-state index is 13.3. The van der Waals surface area contributed by atoms with Crippen molar-refractivity contribution in [2.24, 2.45) is 0 Å². The number of hydrogen-bond acceptors (Lipinski definition) is 5. The van der Waals surface area contributed by atoms with Gasteiger partial charge in [-0.3, -0.25) is 9.80 Å². The van der Waals surface area contributed by atoms with E-state index in [2.05, 4.69) is 15.9 Å². The van der Waals surface area contributed by atoms with E-state index >= 15 is 0 Å². The predicted molar refractivity (Wildman–Crippen MR) is 122 cm³/mol. The molecule has 1 N–H and O–H groups in total. The number of benzene rings is 2. The van der Waals surface area contributed by atoms with E-state index in [0.29, 0.717) is 18.3 Å². The first-order valence-electron chi connectivity index (χ1n) is 11.7. The zero-order valence-electron chi connectivity index (χ0n) is 18.8. The largest absolute Gasteiger partial charge is 0.491 e. The number of nitriles is 1. The predicted octanol–water partition coefficient (Wildman–Crippen LogP) is 3.73. The summed E-state index contributed by atoms with van der Waals surface area (Å²) in [7, 11) is 0. The summed E-state index contributed by atoms with van der Waals surface area (Å²) in [6, 6.07) is 15.2. The summed E-state index contributed by atoms with van der Waals surface area (Å²) in [6.45, 7) is 4.35. The average Bonchev–Trinajstić information content (AvgIpc) is 2.85. The van der Waals surface area contributed by atoms with Gasteiger partial charge in [-0.2, -0.15) is 5.26 Å². The first kappa shape index (κ1) is 23.6. The summed E-state index contributed by atoms with van der Waals surface area (Å²) in [6.07, 6.45) is 2.89. The van der Waals surface area contributed by atoms with Crippen LogP contribution in [0.25, 0.3) is 0 Å². The van der Waals surface area contributed by atoms with Crippen LogP contribution < -0.4 is 4.74 Å². The Hall–Kier alpha value is -2.53. The zero-order chi connectivity index (χ0) is 23.3. The van der Waals surface area contributed by atoms with Gasteiger partial charge in [-0.1, -0.05) is 12.1 Å². The van der Waals surface area contributed by atoms with Crippen LogP contribution in [0, 0.1) is 23.0 Å². The van der Waals surface area contributed by atoms with Crippen molar-refractivity contribution in [1.82, 2.24) is 9.80 Å². The minimum Gasteiger partial charge on any atom is -0.491 e. The van der Waals surface area contributed by atoms with Crippen LogP contribution in [0.5, 0.6) is 5.75 Å². The Morgan fingerprint density at radius 3 is 2.12 bits per heavy atom. The highest BCUT2D eigenvalue weighted by Gasteiger charge is 2.39. The summed E-state index contributed by atoms with van der Waals surface area (Å²) in [5, 5.41) is 20.2. The van der Waals surface area contributed by atoms with Crippen LogP contribution in [0.1, 0.15) is 31.2 Å². The fourth-order valence-corrected chi connectivity index (χ4v) is 5.08. The molecule has 0 aromatic heterocycles. The van der Waals surface area contributed by atoms with Gasteiger partial charge in [-0.25, -0.2) is 8.78 Å². The highest BCUT2D eigenvalue weighted by atomic mass is 19.1. The standard InChI is InChI=1S/C26H31F2N3O2/c27-21-3-1-20(2-4-21)26(19-29)11-9-23(10-12-26)31-15-13-30(14-16-31)17-24(32)18-33-25-7-5-22(28)6-8-25/h1-8,23-24,32H,9-18H2/t23-,24?,26-. The van der Waals surface area contributed by atoms with Gasteiger partial charge in [0, 0.05) is 38.8 Å². The highest BCUT2D eigenvalue weighted by Crippen LogP contribution is 2.40. The molecular formula is C26H31F2N3O2. The molecule has 2 aromatic carbocycles. The molecule has 0 amide bonds. The fourth-order valence-electron chi connectivity index (χ4n) is 5.08. The van der Waals surface area contributed by atoms with Crippen LogP contribution >= 0.6 is 0 Å². The molecule has 7 heteroatoms. The lowest BCUT2D eigenvalue weighted by Gasteiger charge is -2.44. The molecule has 2 fully saturated rings. The second kappa shape index (κ2) is 10.6. The van der Waals surface area contributed by atoms with Crippen LogP contribution in [-0.4, -0.2) is 66.4 Å². The summed E-state index contributed by atoms with van der Waals surface area (Å²) in [5.41, 5.74) is 0.409. The molecule has 176 valence electrons. The van der Waals surface area contributed by atoms with Crippen molar-refractivity contribution in [2.45, 2.75) is 43.2 Å². The molecule has 2 aliphatic rings. The zero-order valence-corrected chi connectivity index (χ0v) is 18.8. The first-order valence-corrected chi connectivity index (χ1v) is 11.7. The minimum absolute atomic E-state index is 0.175. The van der Waals surface area contributed by atoms with E-state index in [0.717, 1.165) is 57.4 Å². The van der Waals surface area contributed by atoms with Gasteiger partial charge in [0.1, 0.15) is 30.1 Å². The lowest BCUT2D eigenvalue weighted by Crippen LogP contribution is -2.53. The lowest BCUT2D eigenvalue weighted by atomic mass is 9.69. The molecule has 1 unspecified atom stereocenters. The number of nitrogens with zero attached hydrogens (tertiary/aromatic N) is 3. The van der Waals surface area contributed by atoms with E-state index in [-0.39, 0.29) is 18.2 Å². The summed E-state index contributed by atoms with van der Waals surface area (Å²) >= 11 is 0. The number of piperazine rings is 1. The maximum atomic E-state index is 13.3. The molecular weight excluding hydrogens is 424 g/mol. The normalized spacial score (nSPS) is 25.3. The Morgan fingerprint density at radius 1 is 0.970 bits per heavy atom. The van der Waals surface area contributed by atoms with E-state index in [9.17, 15) is 19.1 Å². The van der Waals surface area contributed by atoms with E-state index < -0.39 is 11.5 Å². The monoisotopic (exact) mass is 455 g/mol. The smallest absolute Gasteiger partial charge is 0.123 e. The average molecular weight is 456 g/mol. The number of aliphatic hydroxyl groups is 1. The van der Waals surface area contributed by atoms with Crippen LogP contribution in [-0.2, 0) is 5.41 Å². The molecule has 5 nitrogen and oxygen atoms in total. The number of hydrogen-bond donors (Lipinski definition) is 1. The lowest BCUT2D eigenvalue weighted by molar-refractivity contribution is 0.0286. The topological polar surface area (TPSA) is 59.7 Å².